The molecule has 0 saturated heterocycles. The number of nitrogens with zero attached hydrogens (tertiary/aromatic N) is 2. The molecule has 0 atom stereocenters. The molecule has 0 aliphatic heterocycles. The van der Waals surface area contributed by atoms with Gasteiger partial charge in [0, 0.05) is 11.8 Å². The normalized spacial score (nSPS) is 10.7. The van der Waals surface area contributed by atoms with Crippen LogP contribution in [0.3, 0.4) is 0 Å². The van der Waals surface area contributed by atoms with Gasteiger partial charge < -0.3 is 15.0 Å². The predicted octanol–water partition coefficient (Wildman–Crippen LogP) is 3.36. The first-order chi connectivity index (χ1) is 9.70. The second-order valence-electron chi connectivity index (χ2n) is 4.21. The summed E-state index contributed by atoms with van der Waals surface area (Å²) in [6.45, 7) is 1.94. The van der Waals surface area contributed by atoms with E-state index in [2.05, 4.69) is 10.1 Å². The molecule has 102 valence electrons. The lowest BCUT2D eigenvalue weighted by Gasteiger charge is -2.07. The van der Waals surface area contributed by atoms with Gasteiger partial charge in [-0.05, 0) is 13.0 Å². The number of benzene rings is 1. The van der Waals surface area contributed by atoms with Crippen LogP contribution in [0.4, 0.5) is 5.88 Å². The zero-order chi connectivity index (χ0) is 14.1. The number of aromatic nitrogens is 2. The quantitative estimate of drug-likeness (QED) is 0.799. The molecule has 2 heterocycles. The molecule has 6 heteroatoms. The highest BCUT2D eigenvalue weighted by molar-refractivity contribution is 7.15. The molecule has 3 aromatic rings. The van der Waals surface area contributed by atoms with Crippen LogP contribution in [-0.2, 0) is 0 Å². The van der Waals surface area contributed by atoms with Gasteiger partial charge in [-0.1, -0.05) is 23.4 Å². The molecule has 3 rings (SSSR count). The SMILES string of the molecule is COc1ccccc1-c1c(-c2cnc(C)s2)noc1N. The largest absolute Gasteiger partial charge is 0.496 e. The van der Waals surface area contributed by atoms with Gasteiger partial charge in [0.15, 0.2) is 0 Å². The minimum absolute atomic E-state index is 0.274. The van der Waals surface area contributed by atoms with E-state index in [9.17, 15) is 0 Å². The van der Waals surface area contributed by atoms with E-state index in [1.807, 2.05) is 31.2 Å². The summed E-state index contributed by atoms with van der Waals surface area (Å²) in [5.41, 5.74) is 8.23. The van der Waals surface area contributed by atoms with Crippen LogP contribution in [0, 0.1) is 6.92 Å². The fraction of sp³-hybridized carbons (Fsp3) is 0.143. The smallest absolute Gasteiger partial charge is 0.230 e. The third-order valence-corrected chi connectivity index (χ3v) is 3.87. The summed E-state index contributed by atoms with van der Waals surface area (Å²) in [7, 11) is 1.62. The summed E-state index contributed by atoms with van der Waals surface area (Å²) in [4.78, 5) is 5.16. The lowest BCUT2D eigenvalue weighted by Crippen LogP contribution is -1.91. The third-order valence-electron chi connectivity index (χ3n) is 2.95. The Labute approximate surface area is 120 Å². The molecule has 0 radical (unpaired) electrons. The molecule has 20 heavy (non-hydrogen) atoms. The Morgan fingerprint density at radius 1 is 1.30 bits per heavy atom. The average molecular weight is 287 g/mol. The fourth-order valence-electron chi connectivity index (χ4n) is 2.05. The Kier molecular flexibility index (Phi) is 3.15. The summed E-state index contributed by atoms with van der Waals surface area (Å²) < 4.78 is 10.5. The summed E-state index contributed by atoms with van der Waals surface area (Å²) in [5.74, 6) is 1.00. The summed E-state index contributed by atoms with van der Waals surface area (Å²) in [6, 6.07) is 7.64. The fourth-order valence-corrected chi connectivity index (χ4v) is 2.82. The highest BCUT2D eigenvalue weighted by Gasteiger charge is 2.21. The van der Waals surface area contributed by atoms with Crippen molar-refractivity contribution < 1.29 is 9.26 Å². The molecule has 2 N–H and O–H groups in total. The highest BCUT2D eigenvalue weighted by atomic mass is 32.1. The zero-order valence-corrected chi connectivity index (χ0v) is 11.9. The molecule has 5 nitrogen and oxygen atoms in total. The Bertz CT molecular complexity index is 748. The Morgan fingerprint density at radius 3 is 2.80 bits per heavy atom. The van der Waals surface area contributed by atoms with Crippen molar-refractivity contribution in [2.24, 2.45) is 0 Å². The Hall–Kier alpha value is -2.34. The minimum Gasteiger partial charge on any atom is -0.496 e. The molecule has 0 amide bonds. The van der Waals surface area contributed by atoms with Crippen LogP contribution < -0.4 is 10.5 Å². The van der Waals surface area contributed by atoms with E-state index >= 15 is 0 Å². The lowest BCUT2D eigenvalue weighted by atomic mass is 10.0. The highest BCUT2D eigenvalue weighted by Crippen LogP contribution is 2.41. The first-order valence-electron chi connectivity index (χ1n) is 6.02. The summed E-state index contributed by atoms with van der Waals surface area (Å²) in [5, 5.41) is 5.03. The van der Waals surface area contributed by atoms with Crippen molar-refractivity contribution in [1.29, 1.82) is 0 Å². The predicted molar refractivity (Wildman–Crippen MR) is 78.7 cm³/mol. The number of ether oxygens (including phenoxy) is 1. The van der Waals surface area contributed by atoms with Crippen molar-refractivity contribution in [2.45, 2.75) is 6.92 Å². The summed E-state index contributed by atoms with van der Waals surface area (Å²) >= 11 is 1.55. The van der Waals surface area contributed by atoms with Crippen LogP contribution in [0.5, 0.6) is 5.75 Å². The number of methoxy groups -OCH3 is 1. The molecule has 2 aromatic heterocycles. The van der Waals surface area contributed by atoms with E-state index in [-0.39, 0.29) is 5.88 Å². The van der Waals surface area contributed by atoms with Gasteiger partial charge in [0.05, 0.1) is 22.6 Å². The van der Waals surface area contributed by atoms with Crippen molar-refractivity contribution >= 4 is 17.2 Å². The number of hydrogen-bond acceptors (Lipinski definition) is 6. The standard InChI is InChI=1S/C14H13N3O2S/c1-8-16-7-11(20-8)13-12(14(15)19-17-13)9-5-3-4-6-10(9)18-2/h3-7H,15H2,1-2H3. The second-order valence-corrected chi connectivity index (χ2v) is 5.45. The van der Waals surface area contributed by atoms with Crippen LogP contribution in [0.25, 0.3) is 21.7 Å². The van der Waals surface area contributed by atoms with Gasteiger partial charge in [-0.3, -0.25) is 0 Å². The van der Waals surface area contributed by atoms with E-state index in [0.717, 1.165) is 26.8 Å². The molecular formula is C14H13N3O2S. The first-order valence-corrected chi connectivity index (χ1v) is 6.83. The number of thiazole rings is 1. The van der Waals surface area contributed by atoms with Crippen molar-refractivity contribution in [2.75, 3.05) is 12.8 Å². The van der Waals surface area contributed by atoms with Crippen LogP contribution >= 0.6 is 11.3 Å². The lowest BCUT2D eigenvalue weighted by molar-refractivity contribution is 0.416. The van der Waals surface area contributed by atoms with E-state index < -0.39 is 0 Å². The van der Waals surface area contributed by atoms with Crippen molar-refractivity contribution in [3.8, 4) is 27.4 Å². The molecule has 1 aromatic carbocycles. The third kappa shape index (κ3) is 2.04. The average Bonchev–Trinajstić information content (AvgIpc) is 3.04. The number of anilines is 1. The van der Waals surface area contributed by atoms with E-state index in [4.69, 9.17) is 15.0 Å². The molecule has 0 aliphatic rings. The molecule has 0 spiro atoms. The number of hydrogen-bond donors (Lipinski definition) is 1. The Balaban J connectivity index is 2.21. The maximum atomic E-state index is 5.94. The van der Waals surface area contributed by atoms with Crippen molar-refractivity contribution in [1.82, 2.24) is 10.1 Å². The minimum atomic E-state index is 0.274. The number of nitrogen functional groups attached to an aromatic ring is 1. The number of aryl methyl sites for hydroxylation is 1. The Morgan fingerprint density at radius 2 is 2.10 bits per heavy atom. The number of para-hydroxylation sites is 1. The van der Waals surface area contributed by atoms with Crippen molar-refractivity contribution in [3.05, 3.63) is 35.5 Å². The molecule has 0 unspecified atom stereocenters. The number of nitrogens with two attached hydrogens (primary N) is 1. The molecule has 0 aliphatic carbocycles. The van der Waals surface area contributed by atoms with Gasteiger partial charge in [-0.15, -0.1) is 11.3 Å². The van der Waals surface area contributed by atoms with E-state index in [1.54, 1.807) is 24.6 Å². The van der Waals surface area contributed by atoms with Gasteiger partial charge in [0.25, 0.3) is 0 Å². The zero-order valence-electron chi connectivity index (χ0n) is 11.1. The molecular weight excluding hydrogens is 274 g/mol. The van der Waals surface area contributed by atoms with Gasteiger partial charge in [0.1, 0.15) is 11.4 Å². The van der Waals surface area contributed by atoms with E-state index in [1.165, 1.54) is 0 Å². The monoisotopic (exact) mass is 287 g/mol. The maximum absolute atomic E-state index is 5.94. The molecule has 0 saturated carbocycles. The van der Waals surface area contributed by atoms with E-state index in [0.29, 0.717) is 5.69 Å². The summed E-state index contributed by atoms with van der Waals surface area (Å²) in [6.07, 6.45) is 1.77. The van der Waals surface area contributed by atoms with Crippen molar-refractivity contribution in [3.63, 3.8) is 0 Å². The first kappa shape index (κ1) is 12.7. The molecule has 0 bridgehead atoms. The van der Waals surface area contributed by atoms with Gasteiger partial charge >= 0.3 is 0 Å². The van der Waals surface area contributed by atoms with Crippen LogP contribution in [-0.4, -0.2) is 17.3 Å². The van der Waals surface area contributed by atoms with Crippen LogP contribution in [0.1, 0.15) is 5.01 Å². The van der Waals surface area contributed by atoms with Crippen LogP contribution in [0.15, 0.2) is 35.0 Å². The van der Waals surface area contributed by atoms with Crippen LogP contribution in [0.2, 0.25) is 0 Å². The number of rotatable bonds is 3. The molecule has 0 fully saturated rings. The van der Waals surface area contributed by atoms with Gasteiger partial charge in [-0.2, -0.15) is 0 Å². The van der Waals surface area contributed by atoms with Gasteiger partial charge in [0.2, 0.25) is 5.88 Å². The van der Waals surface area contributed by atoms with Gasteiger partial charge in [-0.25, -0.2) is 4.98 Å². The maximum Gasteiger partial charge on any atom is 0.230 e. The topological polar surface area (TPSA) is 74.2 Å². The second kappa shape index (κ2) is 4.97.